The van der Waals surface area contributed by atoms with Crippen LogP contribution < -0.4 is 0 Å². The standard InChI is InChI=1S/C15H20N2O5/c1-21-11-9-16(10-12-22-2)15(18)8-5-13-3-6-14(7-4-13)17(19)20/h3-8H,9-12H2,1-2H3/b8-5+. The molecular formula is C15H20N2O5. The van der Waals surface area contributed by atoms with Crippen LogP contribution in [0.3, 0.4) is 0 Å². The molecule has 0 N–H and O–H groups in total. The van der Waals surface area contributed by atoms with E-state index in [4.69, 9.17) is 9.47 Å². The maximum absolute atomic E-state index is 12.1. The molecule has 0 radical (unpaired) electrons. The van der Waals surface area contributed by atoms with Crippen molar-refractivity contribution in [1.29, 1.82) is 0 Å². The molecule has 0 aromatic heterocycles. The van der Waals surface area contributed by atoms with Crippen molar-refractivity contribution in [2.45, 2.75) is 0 Å². The summed E-state index contributed by atoms with van der Waals surface area (Å²) in [5, 5.41) is 10.6. The lowest BCUT2D eigenvalue weighted by molar-refractivity contribution is -0.384. The number of amides is 1. The molecule has 22 heavy (non-hydrogen) atoms. The number of methoxy groups -OCH3 is 2. The van der Waals surface area contributed by atoms with Gasteiger partial charge in [-0.25, -0.2) is 0 Å². The summed E-state index contributed by atoms with van der Waals surface area (Å²) >= 11 is 0. The molecular weight excluding hydrogens is 288 g/mol. The molecule has 0 heterocycles. The van der Waals surface area contributed by atoms with Gasteiger partial charge in [0.25, 0.3) is 5.69 Å². The third-order valence-corrected chi connectivity index (χ3v) is 2.96. The van der Waals surface area contributed by atoms with Crippen LogP contribution in [0.5, 0.6) is 0 Å². The topological polar surface area (TPSA) is 81.9 Å². The molecule has 1 amide bonds. The van der Waals surface area contributed by atoms with Crippen LogP contribution in [-0.4, -0.2) is 56.3 Å². The van der Waals surface area contributed by atoms with Gasteiger partial charge in [-0.05, 0) is 23.8 Å². The van der Waals surface area contributed by atoms with Crippen molar-refractivity contribution in [3.8, 4) is 0 Å². The monoisotopic (exact) mass is 308 g/mol. The number of carbonyl (C=O) groups excluding carboxylic acids is 1. The van der Waals surface area contributed by atoms with Crippen molar-refractivity contribution in [3.05, 3.63) is 46.0 Å². The largest absolute Gasteiger partial charge is 0.383 e. The minimum Gasteiger partial charge on any atom is -0.383 e. The number of nitro groups is 1. The lowest BCUT2D eigenvalue weighted by Gasteiger charge is -2.20. The number of carbonyl (C=O) groups is 1. The number of ether oxygens (including phenoxy) is 2. The fourth-order valence-corrected chi connectivity index (χ4v) is 1.72. The molecule has 1 rings (SSSR count). The Morgan fingerprint density at radius 3 is 2.18 bits per heavy atom. The second kappa shape index (κ2) is 9.64. The number of nitrogens with zero attached hydrogens (tertiary/aromatic N) is 2. The van der Waals surface area contributed by atoms with Gasteiger partial charge in [0.15, 0.2) is 0 Å². The van der Waals surface area contributed by atoms with Crippen molar-refractivity contribution in [3.63, 3.8) is 0 Å². The maximum atomic E-state index is 12.1. The van der Waals surface area contributed by atoms with E-state index in [9.17, 15) is 14.9 Å². The van der Waals surface area contributed by atoms with E-state index in [-0.39, 0.29) is 11.6 Å². The lowest BCUT2D eigenvalue weighted by Crippen LogP contribution is -2.35. The zero-order chi connectivity index (χ0) is 16.4. The van der Waals surface area contributed by atoms with E-state index < -0.39 is 4.92 Å². The Hall–Kier alpha value is -2.25. The van der Waals surface area contributed by atoms with Crippen molar-refractivity contribution in [1.82, 2.24) is 4.90 Å². The van der Waals surface area contributed by atoms with Gasteiger partial charge in [0.2, 0.25) is 5.91 Å². The van der Waals surface area contributed by atoms with Crippen LogP contribution in [0.15, 0.2) is 30.3 Å². The predicted molar refractivity (Wildman–Crippen MR) is 82.5 cm³/mol. The van der Waals surface area contributed by atoms with Gasteiger partial charge in [0.1, 0.15) is 0 Å². The number of nitro benzene ring substituents is 1. The molecule has 0 aliphatic heterocycles. The molecule has 7 nitrogen and oxygen atoms in total. The average molecular weight is 308 g/mol. The van der Waals surface area contributed by atoms with E-state index in [2.05, 4.69) is 0 Å². The van der Waals surface area contributed by atoms with Gasteiger partial charge in [-0.2, -0.15) is 0 Å². The Morgan fingerprint density at radius 2 is 1.73 bits per heavy atom. The number of hydrogen-bond acceptors (Lipinski definition) is 5. The van der Waals surface area contributed by atoms with Crippen LogP contribution in [0.1, 0.15) is 5.56 Å². The highest BCUT2D eigenvalue weighted by molar-refractivity contribution is 5.91. The normalized spacial score (nSPS) is 10.8. The van der Waals surface area contributed by atoms with Gasteiger partial charge in [-0.15, -0.1) is 0 Å². The summed E-state index contributed by atoms with van der Waals surface area (Å²) < 4.78 is 9.96. The quantitative estimate of drug-likeness (QED) is 0.394. The van der Waals surface area contributed by atoms with Crippen molar-refractivity contribution >= 4 is 17.7 Å². The van der Waals surface area contributed by atoms with Crippen molar-refractivity contribution < 1.29 is 19.2 Å². The summed E-state index contributed by atoms with van der Waals surface area (Å²) in [6.45, 7) is 1.84. The Bertz CT molecular complexity index is 505. The Balaban J connectivity index is 2.67. The van der Waals surface area contributed by atoms with Crippen LogP contribution in [0, 0.1) is 10.1 Å². The predicted octanol–water partition coefficient (Wildman–Crippen LogP) is 1.73. The summed E-state index contributed by atoms with van der Waals surface area (Å²) in [6, 6.07) is 5.99. The smallest absolute Gasteiger partial charge is 0.269 e. The highest BCUT2D eigenvalue weighted by Crippen LogP contribution is 2.12. The molecule has 0 aliphatic carbocycles. The average Bonchev–Trinajstić information content (AvgIpc) is 2.53. The zero-order valence-electron chi connectivity index (χ0n) is 12.7. The minimum absolute atomic E-state index is 0.0188. The molecule has 0 fully saturated rings. The van der Waals surface area contributed by atoms with Gasteiger partial charge >= 0.3 is 0 Å². The molecule has 0 unspecified atom stereocenters. The first-order valence-electron chi connectivity index (χ1n) is 6.77. The van der Waals surface area contributed by atoms with Gasteiger partial charge in [0, 0.05) is 45.5 Å². The van der Waals surface area contributed by atoms with Gasteiger partial charge in [-0.3, -0.25) is 14.9 Å². The molecule has 120 valence electrons. The summed E-state index contributed by atoms with van der Waals surface area (Å²) in [5.74, 6) is -0.160. The molecule has 0 atom stereocenters. The van der Waals surface area contributed by atoms with Gasteiger partial charge in [-0.1, -0.05) is 0 Å². The Kier molecular flexibility index (Phi) is 7.80. The molecule has 0 spiro atoms. The highest BCUT2D eigenvalue weighted by Gasteiger charge is 2.10. The third-order valence-electron chi connectivity index (χ3n) is 2.96. The van der Waals surface area contributed by atoms with Crippen molar-refractivity contribution in [2.24, 2.45) is 0 Å². The van der Waals surface area contributed by atoms with E-state index in [1.165, 1.54) is 18.2 Å². The van der Waals surface area contributed by atoms with Crippen LogP contribution in [0.2, 0.25) is 0 Å². The first-order valence-corrected chi connectivity index (χ1v) is 6.77. The summed E-state index contributed by atoms with van der Waals surface area (Å²) in [4.78, 5) is 23.9. The first-order chi connectivity index (χ1) is 10.6. The van der Waals surface area contributed by atoms with Crippen LogP contribution in [0.25, 0.3) is 6.08 Å². The SMILES string of the molecule is COCCN(CCOC)C(=O)/C=C/c1ccc([N+](=O)[O-])cc1. The number of non-ortho nitro benzene ring substituents is 1. The molecule has 1 aromatic carbocycles. The highest BCUT2D eigenvalue weighted by atomic mass is 16.6. The fraction of sp³-hybridized carbons (Fsp3) is 0.400. The molecule has 0 aliphatic rings. The fourth-order valence-electron chi connectivity index (χ4n) is 1.72. The van der Waals surface area contributed by atoms with Crippen LogP contribution in [-0.2, 0) is 14.3 Å². The summed E-state index contributed by atoms with van der Waals surface area (Å²) in [5.41, 5.74) is 0.739. The van der Waals surface area contributed by atoms with E-state index in [1.54, 1.807) is 37.3 Å². The molecule has 0 saturated carbocycles. The van der Waals surface area contributed by atoms with Gasteiger partial charge in [0.05, 0.1) is 18.1 Å². The summed E-state index contributed by atoms with van der Waals surface area (Å²) in [6.07, 6.45) is 3.06. The number of hydrogen-bond donors (Lipinski definition) is 0. The minimum atomic E-state index is -0.462. The van der Waals surface area contributed by atoms with E-state index >= 15 is 0 Å². The maximum Gasteiger partial charge on any atom is 0.269 e. The third kappa shape index (κ3) is 6.02. The second-order valence-corrected chi connectivity index (χ2v) is 4.49. The number of rotatable bonds is 9. The second-order valence-electron chi connectivity index (χ2n) is 4.49. The van der Waals surface area contributed by atoms with E-state index in [0.717, 1.165) is 5.56 Å². The molecule has 0 bridgehead atoms. The molecule has 0 saturated heterocycles. The Labute approximate surface area is 129 Å². The lowest BCUT2D eigenvalue weighted by atomic mass is 10.2. The van der Waals surface area contributed by atoms with E-state index in [1.807, 2.05) is 0 Å². The van der Waals surface area contributed by atoms with Crippen molar-refractivity contribution in [2.75, 3.05) is 40.5 Å². The zero-order valence-corrected chi connectivity index (χ0v) is 12.7. The van der Waals surface area contributed by atoms with Crippen LogP contribution >= 0.6 is 0 Å². The summed E-state index contributed by atoms with van der Waals surface area (Å²) in [7, 11) is 3.15. The first kappa shape index (κ1) is 17.8. The molecule has 7 heteroatoms. The Morgan fingerprint density at radius 1 is 1.18 bits per heavy atom. The van der Waals surface area contributed by atoms with E-state index in [0.29, 0.717) is 26.3 Å². The van der Waals surface area contributed by atoms with Gasteiger partial charge < -0.3 is 14.4 Å². The number of benzene rings is 1. The molecule has 1 aromatic rings. The van der Waals surface area contributed by atoms with Crippen LogP contribution in [0.4, 0.5) is 5.69 Å².